The number of nitrogens with zero attached hydrogens (tertiary/aromatic N) is 1. The van der Waals surface area contributed by atoms with Gasteiger partial charge in [-0.1, -0.05) is 26.0 Å². The summed E-state index contributed by atoms with van der Waals surface area (Å²) in [6.07, 6.45) is 2.80. The van der Waals surface area contributed by atoms with E-state index in [1.807, 2.05) is 0 Å². The maximum absolute atomic E-state index is 10.5. The van der Waals surface area contributed by atoms with E-state index in [0.717, 1.165) is 24.8 Å². The molecule has 0 aliphatic heterocycles. The normalized spacial score (nSPS) is 12.7. The first kappa shape index (κ1) is 14.0. The van der Waals surface area contributed by atoms with Crippen molar-refractivity contribution >= 4 is 17.3 Å². The van der Waals surface area contributed by atoms with E-state index in [9.17, 15) is 10.1 Å². The molecule has 94 valence electrons. The number of hydrogen-bond acceptors (Lipinski definition) is 2. The van der Waals surface area contributed by atoms with Gasteiger partial charge in [-0.2, -0.15) is 0 Å². The summed E-state index contributed by atoms with van der Waals surface area (Å²) in [5.74, 6) is 0.606. The zero-order chi connectivity index (χ0) is 12.8. The molecule has 0 fully saturated rings. The molecule has 0 N–H and O–H groups in total. The zero-order valence-corrected chi connectivity index (χ0v) is 11.0. The van der Waals surface area contributed by atoms with Crippen LogP contribution in [0.1, 0.15) is 32.3 Å². The van der Waals surface area contributed by atoms with Crippen LogP contribution in [0, 0.1) is 16.0 Å². The van der Waals surface area contributed by atoms with E-state index in [0.29, 0.717) is 5.92 Å². The number of rotatable bonds is 6. The van der Waals surface area contributed by atoms with Gasteiger partial charge in [-0.25, -0.2) is 0 Å². The number of alkyl halides is 1. The Kier molecular flexibility index (Phi) is 5.42. The van der Waals surface area contributed by atoms with Gasteiger partial charge in [0.05, 0.1) is 4.92 Å². The van der Waals surface area contributed by atoms with Gasteiger partial charge in [-0.3, -0.25) is 10.1 Å². The topological polar surface area (TPSA) is 43.1 Å². The van der Waals surface area contributed by atoms with Gasteiger partial charge < -0.3 is 0 Å². The first-order chi connectivity index (χ1) is 7.99. The number of nitro benzene ring substituents is 1. The summed E-state index contributed by atoms with van der Waals surface area (Å²) in [4.78, 5) is 10.1. The van der Waals surface area contributed by atoms with Crippen molar-refractivity contribution in [3.63, 3.8) is 0 Å². The van der Waals surface area contributed by atoms with Gasteiger partial charge in [0.25, 0.3) is 5.69 Å². The minimum atomic E-state index is -0.382. The molecule has 1 aromatic carbocycles. The predicted molar refractivity (Wildman–Crippen MR) is 70.5 cm³/mol. The van der Waals surface area contributed by atoms with Crippen LogP contribution in [-0.2, 0) is 6.42 Å². The average molecular weight is 256 g/mol. The molecule has 1 aromatic rings. The van der Waals surface area contributed by atoms with Crippen LogP contribution < -0.4 is 0 Å². The van der Waals surface area contributed by atoms with Crippen molar-refractivity contribution < 1.29 is 4.92 Å². The Morgan fingerprint density at radius 1 is 1.29 bits per heavy atom. The highest BCUT2D eigenvalue weighted by molar-refractivity contribution is 6.20. The summed E-state index contributed by atoms with van der Waals surface area (Å²) < 4.78 is 0. The lowest BCUT2D eigenvalue weighted by Gasteiger charge is -2.11. The third-order valence-corrected chi connectivity index (χ3v) is 3.02. The van der Waals surface area contributed by atoms with Crippen LogP contribution in [0.2, 0.25) is 0 Å². The minimum Gasteiger partial charge on any atom is -0.258 e. The maximum atomic E-state index is 10.5. The minimum absolute atomic E-state index is 0.137. The largest absolute Gasteiger partial charge is 0.269 e. The highest BCUT2D eigenvalue weighted by Gasteiger charge is 2.08. The fourth-order valence-electron chi connectivity index (χ4n) is 1.74. The number of non-ortho nitro benzene ring substituents is 1. The molecule has 1 rings (SSSR count). The quantitative estimate of drug-likeness (QED) is 0.435. The molecule has 3 nitrogen and oxygen atoms in total. The highest BCUT2D eigenvalue weighted by atomic mass is 35.5. The molecule has 0 saturated carbocycles. The second-order valence-corrected chi connectivity index (χ2v) is 5.31. The number of nitro groups is 1. The summed E-state index contributed by atoms with van der Waals surface area (Å²) >= 11 is 6.20. The molecule has 0 radical (unpaired) electrons. The van der Waals surface area contributed by atoms with Crippen molar-refractivity contribution in [2.24, 2.45) is 5.92 Å². The molecular weight excluding hydrogens is 238 g/mol. The van der Waals surface area contributed by atoms with Gasteiger partial charge >= 0.3 is 0 Å². The van der Waals surface area contributed by atoms with Crippen molar-refractivity contribution in [3.8, 4) is 0 Å². The Labute approximate surface area is 107 Å². The molecule has 0 aliphatic carbocycles. The smallest absolute Gasteiger partial charge is 0.258 e. The zero-order valence-electron chi connectivity index (χ0n) is 10.2. The van der Waals surface area contributed by atoms with Gasteiger partial charge in [0.1, 0.15) is 0 Å². The van der Waals surface area contributed by atoms with Crippen molar-refractivity contribution in [3.05, 3.63) is 39.9 Å². The van der Waals surface area contributed by atoms with Crippen LogP contribution in [0.3, 0.4) is 0 Å². The molecule has 0 saturated heterocycles. The average Bonchev–Trinajstić information content (AvgIpc) is 2.26. The molecule has 0 spiro atoms. The number of hydrogen-bond donors (Lipinski definition) is 0. The molecule has 4 heteroatoms. The molecule has 0 heterocycles. The Hall–Kier alpha value is -1.09. The first-order valence-electron chi connectivity index (χ1n) is 5.86. The fourth-order valence-corrected chi connectivity index (χ4v) is 2.20. The second kappa shape index (κ2) is 6.60. The third-order valence-electron chi connectivity index (χ3n) is 2.62. The summed E-state index contributed by atoms with van der Waals surface area (Å²) in [6, 6.07) is 6.69. The van der Waals surface area contributed by atoms with E-state index in [4.69, 9.17) is 11.6 Å². The van der Waals surface area contributed by atoms with Gasteiger partial charge in [-0.15, -0.1) is 11.6 Å². The summed E-state index contributed by atoms with van der Waals surface area (Å²) in [6.45, 7) is 4.31. The van der Waals surface area contributed by atoms with Crippen molar-refractivity contribution in [1.82, 2.24) is 0 Å². The maximum Gasteiger partial charge on any atom is 0.269 e. The van der Waals surface area contributed by atoms with Crippen LogP contribution in [0.15, 0.2) is 24.3 Å². The molecule has 0 aromatic heterocycles. The van der Waals surface area contributed by atoms with Gasteiger partial charge in [0, 0.05) is 17.5 Å². The molecule has 0 aliphatic rings. The third kappa shape index (κ3) is 5.18. The van der Waals surface area contributed by atoms with E-state index in [1.165, 1.54) is 0 Å². The van der Waals surface area contributed by atoms with Crippen LogP contribution in [0.5, 0.6) is 0 Å². The Balaban J connectivity index is 2.44. The van der Waals surface area contributed by atoms with Crippen LogP contribution >= 0.6 is 11.6 Å². The molecule has 1 atom stereocenters. The number of benzene rings is 1. The lowest BCUT2D eigenvalue weighted by molar-refractivity contribution is -0.384. The standard InChI is InChI=1S/C13H18ClNO2/c1-10(2)9-12(14)6-3-11-4-7-13(8-5-11)15(16)17/h4-5,7-8,10,12H,3,6,9H2,1-2H3. The molecule has 17 heavy (non-hydrogen) atoms. The van der Waals surface area contributed by atoms with Gasteiger partial charge in [-0.05, 0) is 30.7 Å². The monoisotopic (exact) mass is 255 g/mol. The van der Waals surface area contributed by atoms with E-state index >= 15 is 0 Å². The van der Waals surface area contributed by atoms with Gasteiger partial charge in [0.2, 0.25) is 0 Å². The fraction of sp³-hybridized carbons (Fsp3) is 0.538. The van der Waals surface area contributed by atoms with Crippen molar-refractivity contribution in [2.75, 3.05) is 0 Å². The first-order valence-corrected chi connectivity index (χ1v) is 6.30. The predicted octanol–water partition coefficient (Wildman–Crippen LogP) is 4.18. The molecule has 0 bridgehead atoms. The Morgan fingerprint density at radius 3 is 2.35 bits per heavy atom. The van der Waals surface area contributed by atoms with Crippen molar-refractivity contribution in [2.45, 2.75) is 38.5 Å². The SMILES string of the molecule is CC(C)CC(Cl)CCc1ccc([N+](=O)[O-])cc1. The number of aryl methyl sites for hydroxylation is 1. The van der Waals surface area contributed by atoms with Crippen molar-refractivity contribution in [1.29, 1.82) is 0 Å². The van der Waals surface area contributed by atoms with E-state index in [-0.39, 0.29) is 16.0 Å². The molecule has 1 unspecified atom stereocenters. The summed E-state index contributed by atoms with van der Waals surface area (Å²) in [5, 5.41) is 10.7. The Bertz CT molecular complexity index is 362. The van der Waals surface area contributed by atoms with Crippen LogP contribution in [-0.4, -0.2) is 10.3 Å². The van der Waals surface area contributed by atoms with E-state index in [1.54, 1.807) is 24.3 Å². The summed E-state index contributed by atoms with van der Waals surface area (Å²) in [7, 11) is 0. The molecule has 0 amide bonds. The lowest BCUT2D eigenvalue weighted by Crippen LogP contribution is -2.04. The number of halogens is 1. The van der Waals surface area contributed by atoms with E-state index < -0.39 is 0 Å². The second-order valence-electron chi connectivity index (χ2n) is 4.69. The van der Waals surface area contributed by atoms with Crippen LogP contribution in [0.4, 0.5) is 5.69 Å². The van der Waals surface area contributed by atoms with E-state index in [2.05, 4.69) is 13.8 Å². The van der Waals surface area contributed by atoms with Gasteiger partial charge in [0.15, 0.2) is 0 Å². The van der Waals surface area contributed by atoms with Crippen LogP contribution in [0.25, 0.3) is 0 Å². The highest BCUT2D eigenvalue weighted by Crippen LogP contribution is 2.18. The Morgan fingerprint density at radius 2 is 1.88 bits per heavy atom. The molecular formula is C13H18ClNO2. The summed E-state index contributed by atoms with van der Waals surface area (Å²) in [5.41, 5.74) is 1.24. The lowest BCUT2D eigenvalue weighted by atomic mass is 10.0.